The molecule has 1 N–H and O–H groups in total. The highest BCUT2D eigenvalue weighted by atomic mass is 32.2. The quantitative estimate of drug-likeness (QED) is 0.0959. The van der Waals surface area contributed by atoms with Crippen molar-refractivity contribution in [2.75, 3.05) is 0 Å². The zero-order chi connectivity index (χ0) is 25.3. The lowest BCUT2D eigenvalue weighted by molar-refractivity contribution is -0.136. The van der Waals surface area contributed by atoms with Gasteiger partial charge in [0.25, 0.3) is 0 Å². The Kier molecular flexibility index (Phi) is 24.8. The fraction of sp³-hybridized carbons (Fsp3) is 0.929. The summed E-state index contributed by atoms with van der Waals surface area (Å²) in [5.74, 6) is -0.885. The molecule has 5 nitrogen and oxygen atoms in total. The summed E-state index contributed by atoms with van der Waals surface area (Å²) in [6.07, 6.45) is 26.1. The summed E-state index contributed by atoms with van der Waals surface area (Å²) in [4.78, 5) is 23.1. The van der Waals surface area contributed by atoms with Crippen LogP contribution in [-0.4, -0.2) is 22.5 Å². The second-order valence-corrected chi connectivity index (χ2v) is 11.1. The van der Waals surface area contributed by atoms with Crippen molar-refractivity contribution in [1.82, 2.24) is 0 Å². The topological polar surface area (TPSA) is 72.8 Å². The van der Waals surface area contributed by atoms with Crippen LogP contribution in [-0.2, 0) is 18.0 Å². The van der Waals surface area contributed by atoms with E-state index in [-0.39, 0.29) is 12.8 Å². The van der Waals surface area contributed by atoms with E-state index in [4.69, 9.17) is 8.37 Å². The number of hydrogen-bond donors (Lipinski definition) is 2. The van der Waals surface area contributed by atoms with Gasteiger partial charge >= 0.3 is 11.9 Å². The van der Waals surface area contributed by atoms with Gasteiger partial charge in [-0.1, -0.05) is 148 Å². The zero-order valence-electron chi connectivity index (χ0n) is 22.7. The van der Waals surface area contributed by atoms with Crippen molar-refractivity contribution in [2.45, 2.75) is 167 Å². The van der Waals surface area contributed by atoms with E-state index in [1.807, 2.05) is 0 Å². The van der Waals surface area contributed by atoms with Crippen molar-refractivity contribution in [2.24, 2.45) is 0 Å². The number of thiol groups is 1. The molecule has 34 heavy (non-hydrogen) atoms. The molecule has 6 heteroatoms. The summed E-state index contributed by atoms with van der Waals surface area (Å²) in [5.41, 5.74) is -0.896. The zero-order valence-corrected chi connectivity index (χ0v) is 23.6. The fourth-order valence-electron chi connectivity index (χ4n) is 3.98. The lowest BCUT2D eigenvalue weighted by Crippen LogP contribution is -2.17. The highest BCUT2D eigenvalue weighted by Crippen LogP contribution is 2.36. The maximum absolute atomic E-state index is 11.5. The van der Waals surface area contributed by atoms with Gasteiger partial charge < -0.3 is 13.5 Å². The van der Waals surface area contributed by atoms with Gasteiger partial charge in [0.2, 0.25) is 0 Å². The molecule has 204 valence electrons. The Labute approximate surface area is 213 Å². The first-order valence-corrected chi connectivity index (χ1v) is 15.7. The van der Waals surface area contributed by atoms with E-state index in [2.05, 4.69) is 6.92 Å². The largest absolute Gasteiger partial charge is 0.372 e. The van der Waals surface area contributed by atoms with Crippen LogP contribution in [0.4, 0.5) is 0 Å². The average molecular weight is 505 g/mol. The molecule has 0 aliphatic heterocycles. The lowest BCUT2D eigenvalue weighted by Gasteiger charge is -2.28. The van der Waals surface area contributed by atoms with E-state index in [1.54, 1.807) is 13.8 Å². The minimum absolute atomic E-state index is 0.203. The lowest BCUT2D eigenvalue weighted by atomic mass is 10.0. The summed E-state index contributed by atoms with van der Waals surface area (Å²) in [6.45, 7) is 5.64. The molecule has 0 aliphatic carbocycles. The molecule has 0 rings (SSSR count). The molecule has 0 amide bonds. The van der Waals surface area contributed by atoms with Crippen molar-refractivity contribution in [3.63, 3.8) is 0 Å². The first-order valence-electron chi connectivity index (χ1n) is 14.4. The van der Waals surface area contributed by atoms with Crippen LogP contribution in [0, 0.1) is 0 Å². The molecule has 1 unspecified atom stereocenters. The minimum Gasteiger partial charge on any atom is -0.372 e. The average Bonchev–Trinajstić information content (AvgIpc) is 2.84. The third-order valence-corrected chi connectivity index (χ3v) is 7.78. The second-order valence-electron chi connectivity index (χ2n) is 9.55. The van der Waals surface area contributed by atoms with Gasteiger partial charge in [-0.25, -0.2) is 0 Å². The van der Waals surface area contributed by atoms with E-state index >= 15 is 0 Å². The fourth-order valence-corrected chi connectivity index (χ4v) is 5.31. The van der Waals surface area contributed by atoms with Crippen molar-refractivity contribution in [3.05, 3.63) is 0 Å². The molecule has 0 aliphatic rings. The molecule has 0 saturated carbocycles. The number of carbonyl (C=O) groups excluding carboxylic acids is 2. The van der Waals surface area contributed by atoms with Crippen LogP contribution in [0.2, 0.25) is 0 Å². The van der Waals surface area contributed by atoms with Crippen LogP contribution in [0.3, 0.4) is 0 Å². The first-order chi connectivity index (χ1) is 16.5. The van der Waals surface area contributed by atoms with Crippen LogP contribution in [0.25, 0.3) is 0 Å². The molecular formula is C28H56O5S. The predicted octanol–water partition coefficient (Wildman–Crippen LogP) is 8.86. The van der Waals surface area contributed by atoms with Crippen molar-refractivity contribution < 1.29 is 23.1 Å². The van der Waals surface area contributed by atoms with Crippen LogP contribution < -0.4 is 0 Å². The smallest absolute Gasteiger partial charge is 0.328 e. The van der Waals surface area contributed by atoms with Crippen LogP contribution >= 0.6 is 11.5 Å². The summed E-state index contributed by atoms with van der Waals surface area (Å²) < 4.78 is 10.3. The first kappa shape index (κ1) is 33.2. The number of unbranched alkanes of at least 4 members (excludes halogenated alkanes) is 18. The molecule has 0 aromatic rings. The van der Waals surface area contributed by atoms with Gasteiger partial charge in [-0.15, -0.1) is 0 Å². The maximum atomic E-state index is 11.5. The highest BCUT2D eigenvalue weighted by molar-refractivity contribution is 8.09. The highest BCUT2D eigenvalue weighted by Gasteiger charge is 2.19. The second kappa shape index (κ2) is 25.3. The van der Waals surface area contributed by atoms with Crippen LogP contribution in [0.5, 0.6) is 0 Å². The number of carbonyl (C=O) groups is 2. The SMILES string of the molecule is CCCCCCCCCCCCCCCCCCCCCC(O)[SH](OC(=O)CC)OC(=O)CC. The van der Waals surface area contributed by atoms with Gasteiger partial charge in [-0.3, -0.25) is 9.59 Å². The Morgan fingerprint density at radius 3 is 1.15 bits per heavy atom. The molecule has 0 fully saturated rings. The van der Waals surface area contributed by atoms with Gasteiger partial charge in [0, 0.05) is 12.8 Å². The van der Waals surface area contributed by atoms with E-state index in [0.717, 1.165) is 19.3 Å². The van der Waals surface area contributed by atoms with Gasteiger partial charge in [-0.2, -0.15) is 0 Å². The van der Waals surface area contributed by atoms with E-state index in [9.17, 15) is 14.7 Å². The molecule has 0 bridgehead atoms. The monoisotopic (exact) mass is 504 g/mol. The molecule has 0 spiro atoms. The van der Waals surface area contributed by atoms with Crippen molar-refractivity contribution >= 4 is 23.4 Å². The molecule has 0 saturated heterocycles. The van der Waals surface area contributed by atoms with Crippen LogP contribution in [0.15, 0.2) is 0 Å². The minimum atomic E-state index is -1.90. The van der Waals surface area contributed by atoms with Gasteiger partial charge in [0.05, 0.1) is 0 Å². The number of rotatable bonds is 25. The molecule has 0 aromatic heterocycles. The van der Waals surface area contributed by atoms with Gasteiger partial charge in [0.1, 0.15) is 0 Å². The Morgan fingerprint density at radius 2 is 0.853 bits per heavy atom. The van der Waals surface area contributed by atoms with E-state index < -0.39 is 28.8 Å². The number of aliphatic hydroxyl groups excluding tert-OH is 1. The molecule has 0 aromatic carbocycles. The summed E-state index contributed by atoms with van der Waals surface area (Å²) in [6, 6.07) is 0. The Bertz CT molecular complexity index is 454. The third kappa shape index (κ3) is 21.8. The number of hydrogen-bond acceptors (Lipinski definition) is 5. The van der Waals surface area contributed by atoms with E-state index in [0.29, 0.717) is 6.42 Å². The van der Waals surface area contributed by atoms with E-state index in [1.165, 1.54) is 103 Å². The van der Waals surface area contributed by atoms with Crippen LogP contribution in [0.1, 0.15) is 162 Å². The normalized spacial score (nSPS) is 12.4. The summed E-state index contributed by atoms with van der Waals surface area (Å²) >= 11 is -1.90. The maximum Gasteiger partial charge on any atom is 0.328 e. The van der Waals surface area contributed by atoms with Crippen molar-refractivity contribution in [3.8, 4) is 0 Å². The van der Waals surface area contributed by atoms with Crippen molar-refractivity contribution in [1.29, 1.82) is 0 Å². The molecular weight excluding hydrogens is 448 g/mol. The Morgan fingerprint density at radius 1 is 0.559 bits per heavy atom. The van der Waals surface area contributed by atoms with Gasteiger partial charge in [-0.05, 0) is 12.8 Å². The standard InChI is InChI=1S/C28H56O5S/c1-4-7-8-9-10-11-12-13-14-15-16-17-18-19-20-21-22-23-24-25-28(31)34(32-26(29)5-2)33-27(30)6-3/h28,31,34H,4-25H2,1-3H3. The summed E-state index contributed by atoms with van der Waals surface area (Å²) in [5, 5.41) is 10.3. The Balaban J connectivity index is 3.51. The third-order valence-electron chi connectivity index (χ3n) is 6.27. The molecule has 0 radical (unpaired) electrons. The molecule has 0 heterocycles. The number of aliphatic hydroxyl groups is 1. The predicted molar refractivity (Wildman–Crippen MR) is 146 cm³/mol. The van der Waals surface area contributed by atoms with Gasteiger partial charge in [0.15, 0.2) is 5.44 Å². The molecule has 1 atom stereocenters. The Hall–Kier alpha value is -0.750. The summed E-state index contributed by atoms with van der Waals surface area (Å²) in [7, 11) is 0.